The van der Waals surface area contributed by atoms with E-state index in [1.807, 2.05) is 30.3 Å². The summed E-state index contributed by atoms with van der Waals surface area (Å²) in [6.45, 7) is 0.893. The van der Waals surface area contributed by atoms with E-state index >= 15 is 0 Å². The molecule has 27 heavy (non-hydrogen) atoms. The average molecular weight is 381 g/mol. The molecule has 136 valence electrons. The highest BCUT2D eigenvalue weighted by Gasteiger charge is 2.20. The fourth-order valence-electron chi connectivity index (χ4n) is 2.77. The lowest BCUT2D eigenvalue weighted by atomic mass is 10.1. The molecule has 1 aliphatic rings. The van der Waals surface area contributed by atoms with Gasteiger partial charge in [-0.2, -0.15) is 0 Å². The summed E-state index contributed by atoms with van der Waals surface area (Å²) in [4.78, 5) is 25.1. The number of carbonyl (C=O) groups is 2. The number of hydrogen-bond donors (Lipinski definition) is 2. The van der Waals surface area contributed by atoms with Crippen LogP contribution in [0, 0.1) is 0 Å². The minimum absolute atomic E-state index is 0.0831. The topological polar surface area (TPSA) is 84.9 Å². The van der Waals surface area contributed by atoms with E-state index in [2.05, 4.69) is 5.32 Å². The van der Waals surface area contributed by atoms with Gasteiger partial charge in [0.15, 0.2) is 11.5 Å². The molecule has 1 aliphatic heterocycles. The minimum atomic E-state index is -1.08. The first kappa shape index (κ1) is 17.1. The predicted octanol–water partition coefficient (Wildman–Crippen LogP) is 4.14. The van der Waals surface area contributed by atoms with Crippen molar-refractivity contribution in [3.63, 3.8) is 0 Å². The monoisotopic (exact) mass is 381 g/mol. The van der Waals surface area contributed by atoms with Crippen LogP contribution in [0.2, 0.25) is 0 Å². The fourth-order valence-corrected chi connectivity index (χ4v) is 3.72. The highest BCUT2D eigenvalue weighted by atomic mass is 32.1. The van der Waals surface area contributed by atoms with E-state index in [0.29, 0.717) is 30.3 Å². The number of fused-ring (bicyclic) bond motifs is 1. The molecule has 0 atom stereocenters. The smallest absolute Gasteiger partial charge is 0.348 e. The number of carboxylic acids is 1. The van der Waals surface area contributed by atoms with Crippen LogP contribution < -0.4 is 14.8 Å². The van der Waals surface area contributed by atoms with Gasteiger partial charge >= 0.3 is 5.97 Å². The van der Waals surface area contributed by atoms with Crippen LogP contribution in [0.15, 0.2) is 54.6 Å². The molecule has 0 saturated heterocycles. The maximum atomic E-state index is 12.6. The Hall–Kier alpha value is -3.32. The molecular weight excluding hydrogens is 366 g/mol. The van der Waals surface area contributed by atoms with Crippen LogP contribution in [-0.4, -0.2) is 30.2 Å². The van der Waals surface area contributed by atoms with Crippen LogP contribution in [0.25, 0.3) is 10.4 Å². The highest BCUT2D eigenvalue weighted by molar-refractivity contribution is 7.18. The van der Waals surface area contributed by atoms with Crippen molar-refractivity contribution in [2.75, 3.05) is 18.5 Å². The lowest BCUT2D eigenvalue weighted by Gasteiger charge is -2.18. The van der Waals surface area contributed by atoms with Crippen LogP contribution in [-0.2, 0) is 0 Å². The molecule has 4 rings (SSSR count). The van der Waals surface area contributed by atoms with Gasteiger partial charge < -0.3 is 19.9 Å². The molecule has 0 unspecified atom stereocenters. The molecule has 0 aliphatic carbocycles. The van der Waals surface area contributed by atoms with Crippen LogP contribution >= 0.6 is 11.3 Å². The van der Waals surface area contributed by atoms with E-state index in [-0.39, 0.29) is 10.6 Å². The summed E-state index contributed by atoms with van der Waals surface area (Å²) in [6, 6.07) is 16.0. The van der Waals surface area contributed by atoms with Crippen molar-refractivity contribution < 1.29 is 24.2 Å². The van der Waals surface area contributed by atoms with Gasteiger partial charge in [-0.25, -0.2) is 4.79 Å². The number of hydrogen-bond acceptors (Lipinski definition) is 5. The van der Waals surface area contributed by atoms with Gasteiger partial charge in [-0.05, 0) is 29.8 Å². The number of rotatable bonds is 4. The lowest BCUT2D eigenvalue weighted by molar-refractivity contribution is 0.0703. The normalized spacial score (nSPS) is 12.4. The largest absolute Gasteiger partial charge is 0.486 e. The zero-order valence-corrected chi connectivity index (χ0v) is 14.9. The molecule has 0 fully saturated rings. The summed E-state index contributed by atoms with van der Waals surface area (Å²) in [5, 5.41) is 12.2. The Morgan fingerprint density at radius 2 is 1.70 bits per heavy atom. The molecule has 0 radical (unpaired) electrons. The molecule has 0 bridgehead atoms. The van der Waals surface area contributed by atoms with Gasteiger partial charge in [-0.3, -0.25) is 4.79 Å². The second-order valence-corrected chi connectivity index (χ2v) is 6.89. The number of ether oxygens (including phenoxy) is 2. The standard InChI is InChI=1S/C20H15NO5S/c22-19(13-6-7-15-16(10-13)26-9-8-25-15)21-14-11-17(27-18(14)20(23)24)12-4-2-1-3-5-12/h1-7,10-11H,8-9H2,(H,21,22)(H,23,24). The van der Waals surface area contributed by atoms with Gasteiger partial charge in [-0.15, -0.1) is 11.3 Å². The maximum absolute atomic E-state index is 12.6. The highest BCUT2D eigenvalue weighted by Crippen LogP contribution is 2.36. The number of anilines is 1. The number of carboxylic acid groups (broad SMARTS) is 1. The Labute approximate surface area is 159 Å². The van der Waals surface area contributed by atoms with Crippen molar-refractivity contribution >= 4 is 28.9 Å². The van der Waals surface area contributed by atoms with Crippen molar-refractivity contribution in [1.82, 2.24) is 0 Å². The van der Waals surface area contributed by atoms with Crippen LogP contribution in [0.5, 0.6) is 11.5 Å². The zero-order chi connectivity index (χ0) is 18.8. The summed E-state index contributed by atoms with van der Waals surface area (Å²) in [5.41, 5.74) is 1.53. The van der Waals surface area contributed by atoms with Crippen LogP contribution in [0.4, 0.5) is 5.69 Å². The first-order valence-electron chi connectivity index (χ1n) is 8.25. The Kier molecular flexibility index (Phi) is 4.52. The molecule has 3 aromatic rings. The predicted molar refractivity (Wildman–Crippen MR) is 102 cm³/mol. The first-order chi connectivity index (χ1) is 13.1. The van der Waals surface area contributed by atoms with Gasteiger partial charge in [-0.1, -0.05) is 30.3 Å². The molecular formula is C20H15NO5S. The summed E-state index contributed by atoms with van der Waals surface area (Å²) in [6.07, 6.45) is 0. The summed E-state index contributed by atoms with van der Waals surface area (Å²) in [7, 11) is 0. The van der Waals surface area contributed by atoms with E-state index in [1.165, 1.54) is 0 Å². The van der Waals surface area contributed by atoms with Crippen LogP contribution in [0.1, 0.15) is 20.0 Å². The molecule has 1 aromatic heterocycles. The van der Waals surface area contributed by atoms with E-state index in [0.717, 1.165) is 21.8 Å². The van der Waals surface area contributed by atoms with E-state index in [9.17, 15) is 14.7 Å². The summed E-state index contributed by atoms with van der Waals surface area (Å²) >= 11 is 1.12. The summed E-state index contributed by atoms with van der Waals surface area (Å²) < 4.78 is 10.9. The number of nitrogens with one attached hydrogen (secondary N) is 1. The number of carbonyl (C=O) groups excluding carboxylic acids is 1. The molecule has 0 saturated carbocycles. The fraction of sp³-hybridized carbons (Fsp3) is 0.100. The van der Waals surface area contributed by atoms with Crippen molar-refractivity contribution in [1.29, 1.82) is 0 Å². The Balaban J connectivity index is 1.62. The third-order valence-corrected chi connectivity index (χ3v) is 5.21. The summed E-state index contributed by atoms with van der Waals surface area (Å²) in [5.74, 6) is -0.403. The van der Waals surface area contributed by atoms with Gasteiger partial charge in [0.25, 0.3) is 5.91 Å². The quantitative estimate of drug-likeness (QED) is 0.710. The van der Waals surface area contributed by atoms with Gasteiger partial charge in [0.05, 0.1) is 5.69 Å². The van der Waals surface area contributed by atoms with Crippen molar-refractivity contribution in [2.45, 2.75) is 0 Å². The molecule has 2 N–H and O–H groups in total. The number of thiophene rings is 1. The number of amides is 1. The van der Waals surface area contributed by atoms with Crippen molar-refractivity contribution in [3.05, 3.63) is 65.0 Å². The minimum Gasteiger partial charge on any atom is -0.486 e. The third-order valence-electron chi connectivity index (χ3n) is 4.04. The lowest BCUT2D eigenvalue weighted by Crippen LogP contribution is -2.17. The Morgan fingerprint density at radius 3 is 2.44 bits per heavy atom. The van der Waals surface area contributed by atoms with E-state index in [4.69, 9.17) is 9.47 Å². The molecule has 7 heteroatoms. The second-order valence-electron chi connectivity index (χ2n) is 5.84. The SMILES string of the molecule is O=C(Nc1cc(-c2ccccc2)sc1C(=O)O)c1ccc2c(c1)OCCO2. The molecule has 6 nitrogen and oxygen atoms in total. The second kappa shape index (κ2) is 7.13. The van der Waals surface area contributed by atoms with Gasteiger partial charge in [0.2, 0.25) is 0 Å². The molecule has 0 spiro atoms. The Bertz CT molecular complexity index is 1010. The zero-order valence-electron chi connectivity index (χ0n) is 14.1. The first-order valence-corrected chi connectivity index (χ1v) is 9.07. The molecule has 2 heterocycles. The van der Waals surface area contributed by atoms with Gasteiger partial charge in [0, 0.05) is 10.4 Å². The number of benzene rings is 2. The average Bonchev–Trinajstić information content (AvgIpc) is 3.12. The van der Waals surface area contributed by atoms with E-state index < -0.39 is 11.9 Å². The van der Waals surface area contributed by atoms with E-state index in [1.54, 1.807) is 24.3 Å². The van der Waals surface area contributed by atoms with Gasteiger partial charge in [0.1, 0.15) is 18.1 Å². The molecule has 2 aromatic carbocycles. The molecule has 1 amide bonds. The third kappa shape index (κ3) is 3.50. The van der Waals surface area contributed by atoms with Crippen molar-refractivity contribution in [2.24, 2.45) is 0 Å². The maximum Gasteiger partial charge on any atom is 0.348 e. The van der Waals surface area contributed by atoms with Crippen molar-refractivity contribution in [3.8, 4) is 21.9 Å². The Morgan fingerprint density at radius 1 is 0.963 bits per heavy atom. The number of aromatic carboxylic acids is 1. The van der Waals surface area contributed by atoms with Crippen LogP contribution in [0.3, 0.4) is 0 Å².